The zero-order valence-electron chi connectivity index (χ0n) is 26.0. The van der Waals surface area contributed by atoms with Gasteiger partial charge in [-0.2, -0.15) is 10.2 Å². The van der Waals surface area contributed by atoms with Crippen LogP contribution in [0.4, 0.5) is 23.0 Å². The second-order valence-electron chi connectivity index (χ2n) is 10.7. The molecule has 1 fully saturated rings. The Labute approximate surface area is 281 Å². The number of pyridine rings is 1. The number of anilines is 4. The molecule has 0 spiro atoms. The van der Waals surface area contributed by atoms with Crippen molar-refractivity contribution in [2.75, 3.05) is 62.5 Å². The first kappa shape index (κ1) is 31.9. The van der Waals surface area contributed by atoms with Gasteiger partial charge in [0.1, 0.15) is 28.9 Å². The number of hydrogen-bond donors (Lipinski definition) is 2. The fourth-order valence-electron chi connectivity index (χ4n) is 5.65. The Morgan fingerprint density at radius 1 is 1.02 bits per heavy atom. The predicted molar refractivity (Wildman–Crippen MR) is 184 cm³/mol. The van der Waals surface area contributed by atoms with E-state index in [0.29, 0.717) is 50.7 Å². The minimum Gasteiger partial charge on any atom is -0.495 e. The first-order valence-corrected chi connectivity index (χ1v) is 15.5. The second-order valence-corrected chi connectivity index (χ2v) is 11.5. The van der Waals surface area contributed by atoms with Crippen LogP contribution in [0.5, 0.6) is 11.5 Å². The summed E-state index contributed by atoms with van der Waals surface area (Å²) in [6, 6.07) is 11.4. The molecule has 47 heavy (non-hydrogen) atoms. The number of halogens is 2. The zero-order valence-corrected chi connectivity index (χ0v) is 27.5. The highest BCUT2D eigenvalue weighted by atomic mass is 35.5. The van der Waals surface area contributed by atoms with Crippen LogP contribution in [0, 0.1) is 11.3 Å². The maximum Gasteiger partial charge on any atom is 0.247 e. The number of carbonyl (C=O) groups is 1. The molecular weight excluding hydrogens is 641 g/mol. The molecule has 0 saturated carbocycles. The molecular formula is C33H31Cl2N9O3. The number of rotatable bonds is 9. The molecule has 4 heterocycles. The number of amides is 1. The number of fused-ring (bicyclic) bond motifs is 3. The van der Waals surface area contributed by atoms with Crippen molar-refractivity contribution in [3.63, 3.8) is 0 Å². The number of nitrogens with zero attached hydrogens (tertiary/aromatic N) is 7. The molecule has 1 aliphatic heterocycles. The molecule has 240 valence electrons. The summed E-state index contributed by atoms with van der Waals surface area (Å²) in [7, 11) is 2.99. The summed E-state index contributed by atoms with van der Waals surface area (Å²) in [5.74, 6) is 0.607. The average Bonchev–Trinajstić information content (AvgIpc) is 3.54. The minimum atomic E-state index is -0.349. The van der Waals surface area contributed by atoms with E-state index >= 15 is 0 Å². The van der Waals surface area contributed by atoms with Crippen molar-refractivity contribution >= 4 is 68.8 Å². The van der Waals surface area contributed by atoms with Crippen molar-refractivity contribution in [2.24, 2.45) is 0 Å². The van der Waals surface area contributed by atoms with Crippen LogP contribution >= 0.6 is 23.2 Å². The van der Waals surface area contributed by atoms with E-state index in [-0.39, 0.29) is 27.6 Å². The van der Waals surface area contributed by atoms with Crippen molar-refractivity contribution in [1.29, 1.82) is 5.26 Å². The highest BCUT2D eigenvalue weighted by Crippen LogP contribution is 2.47. The van der Waals surface area contributed by atoms with E-state index in [2.05, 4.69) is 50.0 Å². The van der Waals surface area contributed by atoms with Gasteiger partial charge in [0.05, 0.1) is 41.8 Å². The van der Waals surface area contributed by atoms with Crippen LogP contribution in [0.15, 0.2) is 55.4 Å². The highest BCUT2D eigenvalue weighted by Gasteiger charge is 2.24. The van der Waals surface area contributed by atoms with E-state index in [1.165, 1.54) is 26.5 Å². The van der Waals surface area contributed by atoms with E-state index in [0.717, 1.165) is 38.4 Å². The van der Waals surface area contributed by atoms with Gasteiger partial charge in [-0.05, 0) is 36.9 Å². The van der Waals surface area contributed by atoms with Crippen LogP contribution in [-0.4, -0.2) is 77.1 Å². The number of methoxy groups -OCH3 is 2. The summed E-state index contributed by atoms with van der Waals surface area (Å²) >= 11 is 13.5. The first-order valence-electron chi connectivity index (χ1n) is 14.8. The molecule has 1 amide bonds. The van der Waals surface area contributed by atoms with Gasteiger partial charge in [-0.3, -0.25) is 9.20 Å². The van der Waals surface area contributed by atoms with Gasteiger partial charge in [0.15, 0.2) is 5.65 Å². The predicted octanol–water partition coefficient (Wildman–Crippen LogP) is 6.15. The van der Waals surface area contributed by atoms with Crippen LogP contribution < -0.4 is 25.0 Å². The van der Waals surface area contributed by atoms with Crippen LogP contribution in [0.3, 0.4) is 0 Å². The Bertz CT molecular complexity index is 2040. The van der Waals surface area contributed by atoms with E-state index in [9.17, 15) is 10.1 Å². The van der Waals surface area contributed by atoms with Crippen LogP contribution in [0.1, 0.15) is 12.6 Å². The number of carbonyl (C=O) groups excluding carboxylic acids is 1. The zero-order chi connectivity index (χ0) is 33.2. The van der Waals surface area contributed by atoms with E-state index in [4.69, 9.17) is 37.7 Å². The van der Waals surface area contributed by atoms with Gasteiger partial charge in [0.2, 0.25) is 11.9 Å². The molecule has 2 N–H and O–H groups in total. The molecule has 1 saturated heterocycles. The standard InChI is InChI=1S/C33H31Cl2N9O3/c1-5-27(45)39-24-14-20(43-11-9-42(6-2)10-12-43)7-8-23(24)40-33-38-17-19-13-22(32-37-18-21(16-36)44(32)31(19)41-33)28-29(34)25(46-3)15-26(47-4)30(28)35/h5,7-8,13-15,17-18H,1,6,9-12H2,2-4H3,(H,39,45)(H,38,40,41). The normalized spacial score (nSPS) is 13.4. The third-order valence-electron chi connectivity index (χ3n) is 8.15. The number of ether oxygens (including phenoxy) is 2. The maximum absolute atomic E-state index is 12.4. The Kier molecular flexibility index (Phi) is 9.04. The largest absolute Gasteiger partial charge is 0.495 e. The lowest BCUT2D eigenvalue weighted by Crippen LogP contribution is -2.46. The quantitative estimate of drug-likeness (QED) is 0.176. The van der Waals surface area contributed by atoms with Crippen molar-refractivity contribution in [2.45, 2.75) is 6.92 Å². The molecule has 12 nitrogen and oxygen atoms in total. The minimum absolute atomic E-state index is 0.238. The van der Waals surface area contributed by atoms with Gasteiger partial charge in [-0.1, -0.05) is 36.7 Å². The van der Waals surface area contributed by atoms with E-state index < -0.39 is 0 Å². The Hall–Kier alpha value is -5.09. The number of nitriles is 1. The molecule has 6 rings (SSSR count). The van der Waals surface area contributed by atoms with Gasteiger partial charge in [-0.15, -0.1) is 0 Å². The maximum atomic E-state index is 12.4. The van der Waals surface area contributed by atoms with Gasteiger partial charge in [0, 0.05) is 60.6 Å². The fourth-order valence-corrected chi connectivity index (χ4v) is 6.36. The molecule has 3 aromatic heterocycles. The number of aromatic nitrogens is 4. The molecule has 5 aromatic rings. The second kappa shape index (κ2) is 13.3. The van der Waals surface area contributed by atoms with Crippen molar-refractivity contribution in [1.82, 2.24) is 24.3 Å². The highest BCUT2D eigenvalue weighted by molar-refractivity contribution is 6.41. The molecule has 1 aliphatic rings. The SMILES string of the molecule is C=CC(=O)Nc1cc(N2CCN(CC)CC2)ccc1Nc1ncc2cc(-c3c(Cl)c(OC)cc(OC)c3Cl)c3ncc(C#N)n3c2n1. The molecule has 14 heteroatoms. The molecule has 0 atom stereocenters. The molecule has 0 radical (unpaired) electrons. The summed E-state index contributed by atoms with van der Waals surface area (Å²) in [6.07, 6.45) is 4.29. The van der Waals surface area contributed by atoms with Gasteiger partial charge >= 0.3 is 0 Å². The Morgan fingerprint density at radius 2 is 1.74 bits per heavy atom. The fraction of sp³-hybridized carbons (Fsp3) is 0.242. The van der Waals surface area contributed by atoms with Gasteiger partial charge < -0.3 is 29.9 Å². The lowest BCUT2D eigenvalue weighted by atomic mass is 10.0. The number of benzene rings is 2. The van der Waals surface area contributed by atoms with Crippen LogP contribution in [0.25, 0.3) is 27.8 Å². The number of likely N-dealkylation sites (N-methyl/N-ethyl adjacent to an activating group) is 1. The Balaban J connectivity index is 1.44. The number of piperazine rings is 1. The average molecular weight is 673 g/mol. The summed E-state index contributed by atoms with van der Waals surface area (Å²) in [5, 5.41) is 17.2. The third-order valence-corrected chi connectivity index (χ3v) is 8.90. The number of nitrogens with one attached hydrogen (secondary N) is 2. The summed E-state index contributed by atoms with van der Waals surface area (Å²) in [6.45, 7) is 10.5. The Morgan fingerprint density at radius 3 is 2.38 bits per heavy atom. The topological polar surface area (TPSA) is 133 Å². The van der Waals surface area contributed by atoms with Crippen molar-refractivity contribution in [3.05, 3.63) is 71.1 Å². The first-order chi connectivity index (χ1) is 22.8. The van der Waals surface area contributed by atoms with Gasteiger partial charge in [-0.25, -0.2) is 9.97 Å². The van der Waals surface area contributed by atoms with Crippen LogP contribution in [0.2, 0.25) is 10.0 Å². The lowest BCUT2D eigenvalue weighted by molar-refractivity contribution is -0.111. The number of imidazole rings is 1. The van der Waals surface area contributed by atoms with E-state index in [1.54, 1.807) is 22.7 Å². The molecule has 0 bridgehead atoms. The monoisotopic (exact) mass is 671 g/mol. The summed E-state index contributed by atoms with van der Waals surface area (Å²) in [4.78, 5) is 31.0. The van der Waals surface area contributed by atoms with E-state index in [1.807, 2.05) is 18.2 Å². The number of hydrogen-bond acceptors (Lipinski definition) is 10. The van der Waals surface area contributed by atoms with Gasteiger partial charge in [0.25, 0.3) is 0 Å². The molecule has 0 aliphatic carbocycles. The van der Waals surface area contributed by atoms with Crippen molar-refractivity contribution in [3.8, 4) is 28.7 Å². The summed E-state index contributed by atoms with van der Waals surface area (Å²) < 4.78 is 12.6. The lowest BCUT2D eigenvalue weighted by Gasteiger charge is -2.35. The van der Waals surface area contributed by atoms with Crippen molar-refractivity contribution < 1.29 is 14.3 Å². The molecule has 2 aromatic carbocycles. The smallest absolute Gasteiger partial charge is 0.247 e. The molecule has 0 unspecified atom stereocenters. The summed E-state index contributed by atoms with van der Waals surface area (Å²) in [5.41, 5.74) is 4.12. The van der Waals surface area contributed by atoms with Crippen LogP contribution in [-0.2, 0) is 4.79 Å². The third kappa shape index (κ3) is 5.96.